The molecule has 0 aliphatic heterocycles. The van der Waals surface area contributed by atoms with Gasteiger partial charge in [0.2, 0.25) is 0 Å². The van der Waals surface area contributed by atoms with Crippen LogP contribution < -0.4 is 15.2 Å². The number of hydrogen-bond acceptors (Lipinski definition) is 6. The van der Waals surface area contributed by atoms with Gasteiger partial charge in [-0.2, -0.15) is 0 Å². The van der Waals surface area contributed by atoms with Crippen LogP contribution >= 0.6 is 11.3 Å². The zero-order valence-corrected chi connectivity index (χ0v) is 12.3. The molecule has 0 unspecified atom stereocenters. The van der Waals surface area contributed by atoms with Gasteiger partial charge in [0.1, 0.15) is 11.6 Å². The molecule has 2 aromatic rings. The van der Waals surface area contributed by atoms with Gasteiger partial charge in [0.15, 0.2) is 9.34 Å². The summed E-state index contributed by atoms with van der Waals surface area (Å²) in [6, 6.07) is 3.76. The number of nitrogens with zero attached hydrogens (tertiary/aromatic N) is 1. The third-order valence-electron chi connectivity index (χ3n) is 2.43. The number of benzene rings is 1. The molecule has 9 heteroatoms. The Morgan fingerprint density at radius 3 is 2.70 bits per heavy atom. The number of nitrogens with two attached hydrogens (primary N) is 1. The first kappa shape index (κ1) is 14.5. The summed E-state index contributed by atoms with van der Waals surface area (Å²) in [6.45, 7) is 1.52. The molecular formula is C11H12FN3O3S2. The van der Waals surface area contributed by atoms with Crippen LogP contribution in [-0.4, -0.2) is 20.5 Å². The Labute approximate surface area is 119 Å². The average Bonchev–Trinajstić information content (AvgIpc) is 2.72. The molecule has 0 amide bonds. The monoisotopic (exact) mass is 317 g/mol. The van der Waals surface area contributed by atoms with Crippen molar-refractivity contribution < 1.29 is 17.5 Å². The van der Waals surface area contributed by atoms with Crippen molar-refractivity contribution >= 4 is 32.2 Å². The molecule has 0 aliphatic carbocycles. The number of halogens is 1. The summed E-state index contributed by atoms with van der Waals surface area (Å²) in [5.41, 5.74) is 5.53. The molecule has 0 aliphatic rings. The third kappa shape index (κ3) is 2.83. The lowest BCUT2D eigenvalue weighted by Crippen LogP contribution is -2.13. The zero-order valence-electron chi connectivity index (χ0n) is 10.7. The molecule has 0 fully saturated rings. The van der Waals surface area contributed by atoms with Gasteiger partial charge in [-0.25, -0.2) is 17.8 Å². The van der Waals surface area contributed by atoms with E-state index in [-0.39, 0.29) is 20.7 Å². The fraction of sp³-hybridized carbons (Fsp3) is 0.182. The normalized spacial score (nSPS) is 11.3. The van der Waals surface area contributed by atoms with E-state index >= 15 is 0 Å². The number of methoxy groups -OCH3 is 1. The quantitative estimate of drug-likeness (QED) is 0.899. The van der Waals surface area contributed by atoms with Crippen molar-refractivity contribution in [2.24, 2.45) is 0 Å². The molecule has 0 saturated carbocycles. The van der Waals surface area contributed by atoms with E-state index in [1.165, 1.54) is 26.2 Å². The van der Waals surface area contributed by atoms with Crippen molar-refractivity contribution in [3.63, 3.8) is 0 Å². The number of anilines is 2. The van der Waals surface area contributed by atoms with Gasteiger partial charge in [-0.1, -0.05) is 11.3 Å². The summed E-state index contributed by atoms with van der Waals surface area (Å²) in [5, 5.41) is 0.133. The summed E-state index contributed by atoms with van der Waals surface area (Å²) in [7, 11) is -2.54. The summed E-state index contributed by atoms with van der Waals surface area (Å²) in [6.07, 6.45) is 0. The van der Waals surface area contributed by atoms with Gasteiger partial charge in [-0.15, -0.1) is 0 Å². The van der Waals surface area contributed by atoms with Crippen molar-refractivity contribution in [3.05, 3.63) is 29.7 Å². The number of aryl methyl sites for hydroxylation is 1. The second-order valence-electron chi connectivity index (χ2n) is 3.88. The molecule has 2 rings (SSSR count). The molecule has 1 aromatic heterocycles. The molecule has 0 atom stereocenters. The maximum atomic E-state index is 13.6. The largest absolute Gasteiger partial charge is 0.497 e. The van der Waals surface area contributed by atoms with Crippen LogP contribution in [0.25, 0.3) is 0 Å². The van der Waals surface area contributed by atoms with Gasteiger partial charge in [0.25, 0.3) is 10.0 Å². The Hall–Kier alpha value is -1.87. The number of hydrogen-bond donors (Lipinski definition) is 2. The Balaban J connectivity index is 2.40. The number of rotatable bonds is 4. The highest BCUT2D eigenvalue weighted by atomic mass is 32.2. The smallest absolute Gasteiger partial charge is 0.273 e. The van der Waals surface area contributed by atoms with Gasteiger partial charge < -0.3 is 10.5 Å². The van der Waals surface area contributed by atoms with Crippen molar-refractivity contribution in [3.8, 4) is 5.75 Å². The molecule has 108 valence electrons. The van der Waals surface area contributed by atoms with Crippen LogP contribution in [0.4, 0.5) is 15.2 Å². The number of thiazole rings is 1. The SMILES string of the molecule is COc1ccc(F)c(NS(=O)(=O)c2sc(N)nc2C)c1. The maximum absolute atomic E-state index is 13.6. The Morgan fingerprint density at radius 2 is 2.15 bits per heavy atom. The molecule has 0 saturated heterocycles. The molecule has 1 aromatic carbocycles. The van der Waals surface area contributed by atoms with E-state index in [0.717, 1.165) is 17.4 Å². The molecule has 0 spiro atoms. The molecule has 0 radical (unpaired) electrons. The maximum Gasteiger partial charge on any atom is 0.273 e. The number of sulfonamides is 1. The average molecular weight is 317 g/mol. The number of nitrogens with one attached hydrogen (secondary N) is 1. The fourth-order valence-corrected chi connectivity index (χ4v) is 3.91. The topological polar surface area (TPSA) is 94.3 Å². The van der Waals surface area contributed by atoms with E-state index in [9.17, 15) is 12.8 Å². The zero-order chi connectivity index (χ0) is 14.9. The second-order valence-corrected chi connectivity index (χ2v) is 6.78. The molecule has 3 N–H and O–H groups in total. The van der Waals surface area contributed by atoms with Gasteiger partial charge in [-0.05, 0) is 19.1 Å². The van der Waals surface area contributed by atoms with Crippen LogP contribution in [0, 0.1) is 12.7 Å². The predicted octanol–water partition coefficient (Wildman–Crippen LogP) is 1.98. The number of aromatic nitrogens is 1. The lowest BCUT2D eigenvalue weighted by molar-refractivity contribution is 0.414. The van der Waals surface area contributed by atoms with Gasteiger partial charge in [0, 0.05) is 6.07 Å². The highest BCUT2D eigenvalue weighted by Crippen LogP contribution is 2.29. The number of ether oxygens (including phenoxy) is 1. The first-order chi connectivity index (χ1) is 9.33. The van der Waals surface area contributed by atoms with Crippen LogP contribution in [0.2, 0.25) is 0 Å². The molecule has 6 nitrogen and oxygen atoms in total. The minimum Gasteiger partial charge on any atom is -0.497 e. The fourth-order valence-electron chi connectivity index (χ4n) is 1.55. The third-order valence-corrected chi connectivity index (χ3v) is 5.39. The Kier molecular flexibility index (Phi) is 3.82. The van der Waals surface area contributed by atoms with E-state index in [2.05, 4.69) is 9.71 Å². The van der Waals surface area contributed by atoms with Crippen molar-refractivity contribution in [2.75, 3.05) is 17.6 Å². The second kappa shape index (κ2) is 5.25. The first-order valence-electron chi connectivity index (χ1n) is 5.43. The Bertz CT molecular complexity index is 743. The summed E-state index contributed by atoms with van der Waals surface area (Å²) < 4.78 is 45.1. The van der Waals surface area contributed by atoms with Crippen LogP contribution in [0.5, 0.6) is 5.75 Å². The van der Waals surface area contributed by atoms with Crippen LogP contribution in [-0.2, 0) is 10.0 Å². The lowest BCUT2D eigenvalue weighted by Gasteiger charge is -2.09. The highest BCUT2D eigenvalue weighted by Gasteiger charge is 2.22. The van der Waals surface area contributed by atoms with Gasteiger partial charge in [-0.3, -0.25) is 4.72 Å². The van der Waals surface area contributed by atoms with Crippen molar-refractivity contribution in [2.45, 2.75) is 11.1 Å². The summed E-state index contributed by atoms with van der Waals surface area (Å²) >= 11 is 0.819. The van der Waals surface area contributed by atoms with Crippen LogP contribution in [0.15, 0.2) is 22.4 Å². The van der Waals surface area contributed by atoms with Crippen LogP contribution in [0.1, 0.15) is 5.69 Å². The van der Waals surface area contributed by atoms with Crippen molar-refractivity contribution in [1.82, 2.24) is 4.98 Å². The molecule has 20 heavy (non-hydrogen) atoms. The van der Waals surface area contributed by atoms with E-state index in [4.69, 9.17) is 10.5 Å². The summed E-state index contributed by atoms with van der Waals surface area (Å²) in [4.78, 5) is 3.83. The summed E-state index contributed by atoms with van der Waals surface area (Å²) in [5.74, 6) is -0.367. The van der Waals surface area contributed by atoms with Crippen LogP contribution in [0.3, 0.4) is 0 Å². The van der Waals surface area contributed by atoms with E-state index in [0.29, 0.717) is 5.75 Å². The lowest BCUT2D eigenvalue weighted by atomic mass is 10.3. The van der Waals surface area contributed by atoms with E-state index in [1.807, 2.05) is 0 Å². The highest BCUT2D eigenvalue weighted by molar-refractivity contribution is 7.94. The van der Waals surface area contributed by atoms with Gasteiger partial charge in [0.05, 0.1) is 18.5 Å². The molecule has 1 heterocycles. The first-order valence-corrected chi connectivity index (χ1v) is 7.72. The molecular weight excluding hydrogens is 305 g/mol. The Morgan fingerprint density at radius 1 is 1.45 bits per heavy atom. The van der Waals surface area contributed by atoms with E-state index < -0.39 is 15.8 Å². The van der Waals surface area contributed by atoms with Crippen molar-refractivity contribution in [1.29, 1.82) is 0 Å². The minimum atomic E-state index is -3.94. The number of nitrogen functional groups attached to an aromatic ring is 1. The van der Waals surface area contributed by atoms with Gasteiger partial charge >= 0.3 is 0 Å². The minimum absolute atomic E-state index is 0.0442. The van der Waals surface area contributed by atoms with E-state index in [1.54, 1.807) is 0 Å². The standard InChI is InChI=1S/C11H12FN3O3S2/c1-6-10(19-11(13)14-6)20(16,17)15-9-5-7(18-2)3-4-8(9)12/h3-5,15H,1-2H3,(H2,13,14). The molecule has 0 bridgehead atoms. The predicted molar refractivity (Wildman–Crippen MR) is 75.0 cm³/mol.